The fourth-order valence-electron chi connectivity index (χ4n) is 6.50. The van der Waals surface area contributed by atoms with Crippen LogP contribution in [-0.4, -0.2) is 71.3 Å². The second-order valence-electron chi connectivity index (χ2n) is 10.9. The number of para-hydroxylation sites is 1. The maximum absolute atomic E-state index is 14.5. The van der Waals surface area contributed by atoms with Crippen LogP contribution in [0.5, 0.6) is 0 Å². The van der Waals surface area contributed by atoms with Crippen LogP contribution in [0.1, 0.15) is 38.7 Å². The van der Waals surface area contributed by atoms with Crippen molar-refractivity contribution in [1.29, 1.82) is 0 Å². The predicted octanol–water partition coefficient (Wildman–Crippen LogP) is 3.43. The lowest BCUT2D eigenvalue weighted by Crippen LogP contribution is -2.59. The number of hydrogen-bond acceptors (Lipinski definition) is 6. The molecule has 0 aliphatic carbocycles. The Morgan fingerprint density at radius 1 is 1.16 bits per heavy atom. The zero-order valence-electron chi connectivity index (χ0n) is 22.0. The van der Waals surface area contributed by atoms with Gasteiger partial charge in [-0.15, -0.1) is 0 Å². The molecule has 0 bridgehead atoms. The highest BCUT2D eigenvalue weighted by atomic mass is 35.5. The molecule has 1 spiro atoms. The first-order valence-electron chi connectivity index (χ1n) is 13.4. The summed E-state index contributed by atoms with van der Waals surface area (Å²) in [6.07, 6.45) is 9.13. The summed E-state index contributed by atoms with van der Waals surface area (Å²) in [5, 5.41) is 10.8. The summed E-state index contributed by atoms with van der Waals surface area (Å²) in [4.78, 5) is 45.3. The average Bonchev–Trinajstić information content (AvgIpc) is 3.26. The molecule has 204 valence electrons. The van der Waals surface area contributed by atoms with Crippen LogP contribution in [-0.2, 0) is 23.9 Å². The Hall–Kier alpha value is -2.68. The fraction of sp³-hybridized carbons (Fsp3) is 0.552. The predicted molar refractivity (Wildman–Crippen MR) is 143 cm³/mol. The van der Waals surface area contributed by atoms with Gasteiger partial charge in [0.15, 0.2) is 0 Å². The molecule has 2 fully saturated rings. The van der Waals surface area contributed by atoms with E-state index in [2.05, 4.69) is 0 Å². The number of carbonyl (C=O) groups excluding carboxylic acids is 3. The van der Waals surface area contributed by atoms with Gasteiger partial charge in [0, 0.05) is 6.54 Å². The van der Waals surface area contributed by atoms with Gasteiger partial charge in [0.25, 0.3) is 5.91 Å². The quantitative estimate of drug-likeness (QED) is 0.462. The molecule has 0 aromatic heterocycles. The van der Waals surface area contributed by atoms with E-state index < -0.39 is 41.6 Å². The van der Waals surface area contributed by atoms with Crippen molar-refractivity contribution in [1.82, 2.24) is 4.90 Å². The summed E-state index contributed by atoms with van der Waals surface area (Å²) in [5.74, 6) is -3.25. The molecule has 5 rings (SSSR count). The number of halogens is 1. The molecular formula is C29H35ClN2O6. The van der Waals surface area contributed by atoms with Gasteiger partial charge in [-0.2, -0.15) is 0 Å². The molecule has 1 unspecified atom stereocenters. The van der Waals surface area contributed by atoms with Crippen LogP contribution in [0, 0.1) is 24.7 Å². The number of esters is 1. The number of anilines is 1. The van der Waals surface area contributed by atoms with Gasteiger partial charge in [-0.3, -0.25) is 14.4 Å². The number of carbonyl (C=O) groups is 3. The van der Waals surface area contributed by atoms with E-state index in [4.69, 9.17) is 21.1 Å². The normalized spacial score (nSPS) is 32.9. The van der Waals surface area contributed by atoms with Crippen LogP contribution in [0.2, 0.25) is 5.02 Å². The number of aliphatic hydroxyl groups is 1. The second-order valence-corrected chi connectivity index (χ2v) is 11.3. The van der Waals surface area contributed by atoms with Gasteiger partial charge in [0.05, 0.1) is 42.0 Å². The van der Waals surface area contributed by atoms with Crippen LogP contribution in [0.15, 0.2) is 42.5 Å². The summed E-state index contributed by atoms with van der Waals surface area (Å²) in [5.41, 5.74) is -0.0102. The summed E-state index contributed by atoms with van der Waals surface area (Å²) >= 11 is 6.58. The molecule has 4 aliphatic heterocycles. The molecule has 0 radical (unpaired) electrons. The fourth-order valence-corrected chi connectivity index (χ4v) is 6.82. The van der Waals surface area contributed by atoms with Crippen molar-refractivity contribution < 1.29 is 29.0 Å². The number of rotatable bonds is 4. The molecule has 0 saturated carbocycles. The summed E-state index contributed by atoms with van der Waals surface area (Å²) in [6.45, 7) is 5.84. The highest BCUT2D eigenvalue weighted by molar-refractivity contribution is 6.34. The molecule has 4 heterocycles. The van der Waals surface area contributed by atoms with E-state index in [9.17, 15) is 19.5 Å². The first kappa shape index (κ1) is 26.9. The van der Waals surface area contributed by atoms with Crippen LogP contribution < -0.4 is 4.90 Å². The largest absolute Gasteiger partial charge is 0.465 e. The third-order valence-electron chi connectivity index (χ3n) is 8.31. The molecular weight excluding hydrogens is 508 g/mol. The van der Waals surface area contributed by atoms with E-state index in [1.165, 1.54) is 4.90 Å². The lowest BCUT2D eigenvalue weighted by atomic mass is 9.78. The molecule has 2 saturated heterocycles. The maximum atomic E-state index is 14.5. The minimum Gasteiger partial charge on any atom is -0.465 e. The standard InChI is InChI=1S/C29H35ClN2O6/c1-17(2)20(16-33)32-25-27(35)31(24-18(3)10-8-11-19(24)30)14-9-13-29(25)23(26(32)34)22-21(38-29)12-6-4-5-7-15-37-28(22)36/h6,8-13,17,20-23,25,33H,4-5,7,14-16H2,1-3H3/b12-6-/t20-,21-,22+,23-,25?,29-/m0/s1. The second kappa shape index (κ2) is 10.5. The number of amides is 2. The van der Waals surface area contributed by atoms with Crippen LogP contribution in [0.25, 0.3) is 0 Å². The lowest BCUT2D eigenvalue weighted by Gasteiger charge is -2.40. The minimum absolute atomic E-state index is 0.151. The van der Waals surface area contributed by atoms with Crippen molar-refractivity contribution in [2.24, 2.45) is 17.8 Å². The van der Waals surface area contributed by atoms with Gasteiger partial charge in [0.2, 0.25) is 5.91 Å². The third-order valence-corrected chi connectivity index (χ3v) is 8.62. The van der Waals surface area contributed by atoms with Crippen molar-refractivity contribution >= 4 is 35.1 Å². The van der Waals surface area contributed by atoms with Gasteiger partial charge in [-0.25, -0.2) is 0 Å². The average molecular weight is 543 g/mol. The van der Waals surface area contributed by atoms with Crippen molar-refractivity contribution in [3.8, 4) is 0 Å². The molecule has 8 nitrogen and oxygen atoms in total. The summed E-state index contributed by atoms with van der Waals surface area (Å²) in [7, 11) is 0. The number of benzene rings is 1. The van der Waals surface area contributed by atoms with Gasteiger partial charge < -0.3 is 24.4 Å². The Balaban J connectivity index is 1.68. The lowest BCUT2D eigenvalue weighted by molar-refractivity contribution is -0.155. The number of allylic oxidation sites excluding steroid dienone is 1. The van der Waals surface area contributed by atoms with E-state index >= 15 is 0 Å². The van der Waals surface area contributed by atoms with E-state index in [1.807, 2.05) is 51.1 Å². The number of ether oxygens (including phenoxy) is 2. The van der Waals surface area contributed by atoms with Gasteiger partial charge in [0.1, 0.15) is 17.6 Å². The van der Waals surface area contributed by atoms with Crippen LogP contribution in [0.3, 0.4) is 0 Å². The Morgan fingerprint density at radius 3 is 2.66 bits per heavy atom. The molecule has 38 heavy (non-hydrogen) atoms. The summed E-state index contributed by atoms with van der Waals surface area (Å²) < 4.78 is 12.3. The Bertz CT molecular complexity index is 1160. The van der Waals surface area contributed by atoms with Crippen molar-refractivity contribution in [2.75, 3.05) is 24.7 Å². The number of likely N-dealkylation sites (tertiary alicyclic amines) is 1. The number of nitrogens with zero attached hydrogens (tertiary/aromatic N) is 2. The molecule has 4 aliphatic rings. The maximum Gasteiger partial charge on any atom is 0.312 e. The molecule has 6 atom stereocenters. The first-order valence-corrected chi connectivity index (χ1v) is 13.8. The minimum atomic E-state index is -1.40. The number of aliphatic hydroxyl groups excluding tert-OH is 1. The summed E-state index contributed by atoms with van der Waals surface area (Å²) in [6, 6.07) is 3.69. The number of hydrogen-bond donors (Lipinski definition) is 1. The Labute approximate surface area is 228 Å². The smallest absolute Gasteiger partial charge is 0.312 e. The Kier molecular flexibility index (Phi) is 7.42. The topological polar surface area (TPSA) is 96.4 Å². The molecule has 1 aromatic carbocycles. The number of aryl methyl sites for hydroxylation is 1. The highest BCUT2D eigenvalue weighted by Gasteiger charge is 2.72. The van der Waals surface area contributed by atoms with Crippen LogP contribution >= 0.6 is 11.6 Å². The number of cyclic esters (lactones) is 1. The van der Waals surface area contributed by atoms with E-state index in [0.29, 0.717) is 10.7 Å². The Morgan fingerprint density at radius 2 is 1.95 bits per heavy atom. The molecule has 1 N–H and O–H groups in total. The van der Waals surface area contributed by atoms with Crippen molar-refractivity contribution in [3.63, 3.8) is 0 Å². The van der Waals surface area contributed by atoms with Gasteiger partial charge in [-0.1, -0.05) is 61.9 Å². The van der Waals surface area contributed by atoms with Crippen LogP contribution in [0.4, 0.5) is 5.69 Å². The van der Waals surface area contributed by atoms with Crippen molar-refractivity contribution in [2.45, 2.75) is 63.8 Å². The third kappa shape index (κ3) is 4.17. The molecule has 1 aromatic rings. The number of fused-ring (bicyclic) bond motifs is 2. The van der Waals surface area contributed by atoms with E-state index in [1.54, 1.807) is 17.0 Å². The SMILES string of the molecule is Cc1cccc(Cl)c1N1CC=C[C@]23O[C@H]4/C=C\CCCCOC(=O)[C@H]4[C@H]2C(=O)N([C@@H](CO)C(C)C)C3C1=O. The van der Waals surface area contributed by atoms with E-state index in [0.717, 1.165) is 24.8 Å². The zero-order chi connectivity index (χ0) is 27.2. The van der Waals surface area contributed by atoms with Crippen molar-refractivity contribution in [3.05, 3.63) is 53.1 Å². The molecule has 9 heteroatoms. The van der Waals surface area contributed by atoms with Gasteiger partial charge >= 0.3 is 5.97 Å². The highest BCUT2D eigenvalue weighted by Crippen LogP contribution is 2.54. The zero-order valence-corrected chi connectivity index (χ0v) is 22.8. The van der Waals surface area contributed by atoms with Gasteiger partial charge in [-0.05, 0) is 43.7 Å². The first-order chi connectivity index (χ1) is 18.2. The molecule has 2 amide bonds. The van der Waals surface area contributed by atoms with E-state index in [-0.39, 0.29) is 37.5 Å². The monoisotopic (exact) mass is 542 g/mol.